The molecule has 0 radical (unpaired) electrons. The molecule has 0 unspecified atom stereocenters. The number of imidazole rings is 1. The zero-order chi connectivity index (χ0) is 20.4. The number of halogens is 1. The third-order valence-corrected chi connectivity index (χ3v) is 5.75. The van der Waals surface area contributed by atoms with Crippen molar-refractivity contribution in [1.82, 2.24) is 14.3 Å². The second-order valence-corrected chi connectivity index (χ2v) is 8.06. The van der Waals surface area contributed by atoms with E-state index >= 15 is 0 Å². The number of hydrogen-bond donors (Lipinski definition) is 0. The largest absolute Gasteiger partial charge is 0.373 e. The summed E-state index contributed by atoms with van der Waals surface area (Å²) in [4.78, 5) is 19.8. The molecular weight excluding hydrogens is 386 g/mol. The van der Waals surface area contributed by atoms with Crippen molar-refractivity contribution in [3.63, 3.8) is 0 Å². The zero-order valence-electron chi connectivity index (χ0n) is 16.9. The minimum absolute atomic E-state index is 0.0219. The molecule has 5 nitrogen and oxygen atoms in total. The summed E-state index contributed by atoms with van der Waals surface area (Å²) >= 11 is 6.16. The Kier molecular flexibility index (Phi) is 5.88. The molecule has 0 bridgehead atoms. The first-order valence-electron chi connectivity index (χ1n) is 10.2. The molecule has 1 saturated heterocycles. The Morgan fingerprint density at radius 1 is 1.17 bits per heavy atom. The number of carbonyl (C=O) groups excluding carboxylic acids is 1. The van der Waals surface area contributed by atoms with Crippen LogP contribution in [0.5, 0.6) is 0 Å². The van der Waals surface area contributed by atoms with E-state index in [1.54, 1.807) is 12.3 Å². The van der Waals surface area contributed by atoms with Gasteiger partial charge in [-0.3, -0.25) is 9.20 Å². The molecule has 1 aliphatic heterocycles. The Morgan fingerprint density at radius 2 is 1.90 bits per heavy atom. The molecule has 152 valence electrons. The van der Waals surface area contributed by atoms with Gasteiger partial charge in [0, 0.05) is 19.3 Å². The lowest BCUT2D eigenvalue weighted by molar-refractivity contribution is -0.000555. The lowest BCUT2D eigenvalue weighted by Crippen LogP contribution is -2.41. The van der Waals surface area contributed by atoms with Crippen LogP contribution in [0.1, 0.15) is 47.1 Å². The van der Waals surface area contributed by atoms with Crippen LogP contribution < -0.4 is 0 Å². The number of hydrogen-bond acceptors (Lipinski definition) is 3. The summed E-state index contributed by atoms with van der Waals surface area (Å²) < 4.78 is 7.91. The second kappa shape index (κ2) is 8.56. The maximum absolute atomic E-state index is 13.3. The summed E-state index contributed by atoms with van der Waals surface area (Å²) in [5, 5.41) is 0.592. The number of pyridine rings is 1. The number of aryl methyl sites for hydroxylation is 2. The van der Waals surface area contributed by atoms with Gasteiger partial charge < -0.3 is 9.64 Å². The van der Waals surface area contributed by atoms with Gasteiger partial charge in [0.15, 0.2) is 0 Å². The van der Waals surface area contributed by atoms with Gasteiger partial charge in [-0.15, -0.1) is 0 Å². The monoisotopic (exact) mass is 411 g/mol. The van der Waals surface area contributed by atoms with Gasteiger partial charge in [0.2, 0.25) is 0 Å². The van der Waals surface area contributed by atoms with E-state index in [1.165, 1.54) is 11.1 Å². The second-order valence-electron chi connectivity index (χ2n) is 7.62. The molecule has 6 heteroatoms. The third-order valence-electron chi connectivity index (χ3n) is 5.53. The average Bonchev–Trinajstić information content (AvgIpc) is 3.11. The van der Waals surface area contributed by atoms with Crippen molar-refractivity contribution in [2.45, 2.75) is 45.8 Å². The Bertz CT molecular complexity index is 1000. The molecule has 2 aromatic heterocycles. The number of ether oxygens (including phenoxy) is 1. The van der Waals surface area contributed by atoms with Crippen molar-refractivity contribution in [2.24, 2.45) is 0 Å². The molecule has 1 aromatic carbocycles. The summed E-state index contributed by atoms with van der Waals surface area (Å²) in [7, 11) is 0. The SMILES string of the molecule is CCc1nc2ccc(Cl)cn2c1C(=O)N1CCC(OCc2ccc(C)cc2)CC1. The molecule has 3 aromatic rings. The predicted octanol–water partition coefficient (Wildman–Crippen LogP) is 4.68. The number of fused-ring (bicyclic) bond motifs is 1. The Morgan fingerprint density at radius 3 is 2.59 bits per heavy atom. The summed E-state index contributed by atoms with van der Waals surface area (Å²) in [6.45, 7) is 6.09. The van der Waals surface area contributed by atoms with Crippen LogP contribution in [-0.4, -0.2) is 39.4 Å². The van der Waals surface area contributed by atoms with Gasteiger partial charge in [0.05, 0.1) is 23.4 Å². The number of benzene rings is 1. The summed E-state index contributed by atoms with van der Waals surface area (Å²) in [6.07, 6.45) is 4.35. The summed E-state index contributed by atoms with van der Waals surface area (Å²) in [5.41, 5.74) is 4.63. The molecule has 0 spiro atoms. The minimum Gasteiger partial charge on any atom is -0.373 e. The van der Waals surface area contributed by atoms with Crippen molar-refractivity contribution in [3.05, 3.63) is 70.1 Å². The molecule has 0 N–H and O–H groups in total. The van der Waals surface area contributed by atoms with Crippen LogP contribution in [0.2, 0.25) is 5.02 Å². The van der Waals surface area contributed by atoms with Crippen molar-refractivity contribution < 1.29 is 9.53 Å². The van der Waals surface area contributed by atoms with Crippen molar-refractivity contribution >= 4 is 23.2 Å². The first-order valence-corrected chi connectivity index (χ1v) is 10.6. The molecule has 4 rings (SSSR count). The van der Waals surface area contributed by atoms with Gasteiger partial charge in [0.1, 0.15) is 11.3 Å². The molecule has 3 heterocycles. The molecule has 1 fully saturated rings. The summed E-state index contributed by atoms with van der Waals surface area (Å²) in [5.74, 6) is 0.0219. The highest BCUT2D eigenvalue weighted by atomic mass is 35.5. The minimum atomic E-state index is 0.0219. The normalized spacial score (nSPS) is 15.2. The van der Waals surface area contributed by atoms with E-state index in [0.717, 1.165) is 24.2 Å². The maximum Gasteiger partial charge on any atom is 0.272 e. The summed E-state index contributed by atoms with van der Waals surface area (Å²) in [6, 6.07) is 12.1. The van der Waals surface area contributed by atoms with E-state index < -0.39 is 0 Å². The lowest BCUT2D eigenvalue weighted by atomic mass is 10.1. The number of likely N-dealkylation sites (tertiary alicyclic amines) is 1. The topological polar surface area (TPSA) is 46.8 Å². The van der Waals surface area contributed by atoms with Gasteiger partial charge >= 0.3 is 0 Å². The van der Waals surface area contributed by atoms with E-state index in [0.29, 0.717) is 36.8 Å². The van der Waals surface area contributed by atoms with E-state index in [4.69, 9.17) is 16.3 Å². The van der Waals surface area contributed by atoms with Crippen LogP contribution in [0, 0.1) is 6.92 Å². The number of aromatic nitrogens is 2. The van der Waals surface area contributed by atoms with Crippen LogP contribution in [0.4, 0.5) is 0 Å². The Labute approximate surface area is 176 Å². The van der Waals surface area contributed by atoms with Crippen LogP contribution in [0.15, 0.2) is 42.6 Å². The Hall–Kier alpha value is -2.37. The maximum atomic E-state index is 13.3. The zero-order valence-corrected chi connectivity index (χ0v) is 17.7. The van der Waals surface area contributed by atoms with Gasteiger partial charge in [-0.05, 0) is 43.9 Å². The van der Waals surface area contributed by atoms with Crippen molar-refractivity contribution in [1.29, 1.82) is 0 Å². The van der Waals surface area contributed by atoms with E-state index in [2.05, 4.69) is 36.2 Å². The number of nitrogens with zero attached hydrogens (tertiary/aromatic N) is 3. The molecule has 29 heavy (non-hydrogen) atoms. The smallest absolute Gasteiger partial charge is 0.272 e. The third kappa shape index (κ3) is 4.31. The van der Waals surface area contributed by atoms with Crippen LogP contribution in [0.3, 0.4) is 0 Å². The quantitative estimate of drug-likeness (QED) is 0.612. The highest BCUT2D eigenvalue weighted by Crippen LogP contribution is 2.22. The van der Waals surface area contributed by atoms with E-state index in [9.17, 15) is 4.79 Å². The Balaban J connectivity index is 1.41. The molecule has 0 saturated carbocycles. The molecule has 0 aliphatic carbocycles. The van der Waals surface area contributed by atoms with Crippen LogP contribution in [0.25, 0.3) is 5.65 Å². The fourth-order valence-electron chi connectivity index (χ4n) is 3.81. The number of piperidine rings is 1. The van der Waals surface area contributed by atoms with Gasteiger partial charge in [-0.2, -0.15) is 0 Å². The molecular formula is C23H26ClN3O2. The first-order chi connectivity index (χ1) is 14.0. The number of carbonyl (C=O) groups is 1. The van der Waals surface area contributed by atoms with E-state index in [-0.39, 0.29) is 12.0 Å². The fraction of sp³-hybridized carbons (Fsp3) is 0.391. The van der Waals surface area contributed by atoms with Gasteiger partial charge in [-0.1, -0.05) is 48.4 Å². The predicted molar refractivity (Wildman–Crippen MR) is 114 cm³/mol. The highest BCUT2D eigenvalue weighted by molar-refractivity contribution is 6.30. The first kappa shape index (κ1) is 19.9. The van der Waals surface area contributed by atoms with Crippen LogP contribution >= 0.6 is 11.6 Å². The van der Waals surface area contributed by atoms with Crippen LogP contribution in [-0.2, 0) is 17.8 Å². The highest BCUT2D eigenvalue weighted by Gasteiger charge is 2.28. The fourth-order valence-corrected chi connectivity index (χ4v) is 3.97. The van der Waals surface area contributed by atoms with Crippen molar-refractivity contribution in [3.8, 4) is 0 Å². The van der Waals surface area contributed by atoms with Gasteiger partial charge in [0.25, 0.3) is 5.91 Å². The molecule has 1 amide bonds. The standard InChI is InChI=1S/C23H26ClN3O2/c1-3-20-22(27-14-18(24)8-9-21(27)25-20)23(28)26-12-10-19(11-13-26)29-15-17-6-4-16(2)5-7-17/h4-9,14,19H,3,10-13,15H2,1-2H3. The number of rotatable bonds is 5. The molecule has 1 aliphatic rings. The van der Waals surface area contributed by atoms with Crippen molar-refractivity contribution in [2.75, 3.05) is 13.1 Å². The van der Waals surface area contributed by atoms with E-state index in [1.807, 2.05) is 22.3 Å². The molecule has 0 atom stereocenters. The lowest BCUT2D eigenvalue weighted by Gasteiger charge is -2.32. The average molecular weight is 412 g/mol. The van der Waals surface area contributed by atoms with Gasteiger partial charge in [-0.25, -0.2) is 4.98 Å². The number of amides is 1.